The number of para-hydroxylation sites is 1. The number of phenols is 2. The van der Waals surface area contributed by atoms with E-state index in [4.69, 9.17) is 0 Å². The molecule has 0 amide bonds. The molecule has 0 spiro atoms. The number of hydrogen-bond donors (Lipinski definition) is 2. The van der Waals surface area contributed by atoms with E-state index < -0.39 is 0 Å². The number of benzene rings is 2. The molecule has 2 aromatic carbocycles. The fourth-order valence-electron chi connectivity index (χ4n) is 1.57. The molecule has 0 saturated carbocycles. The summed E-state index contributed by atoms with van der Waals surface area (Å²) in [6.45, 7) is 3.81. The number of aryl methyl sites for hydroxylation is 1. The highest BCUT2D eigenvalue weighted by molar-refractivity contribution is 5.59. The summed E-state index contributed by atoms with van der Waals surface area (Å²) in [7, 11) is 0. The summed E-state index contributed by atoms with van der Waals surface area (Å²) in [5, 5.41) is 27.3. The van der Waals surface area contributed by atoms with E-state index in [2.05, 4.69) is 10.2 Å². The maximum atomic E-state index is 9.75. The first-order chi connectivity index (χ1) is 8.59. The smallest absolute Gasteiger partial charge is 0.143 e. The van der Waals surface area contributed by atoms with Gasteiger partial charge in [-0.25, -0.2) is 0 Å². The van der Waals surface area contributed by atoms with Crippen LogP contribution in [0.4, 0.5) is 11.4 Å². The first-order valence-corrected chi connectivity index (χ1v) is 5.58. The Kier molecular flexibility index (Phi) is 3.28. The molecule has 0 aromatic heterocycles. The summed E-state index contributed by atoms with van der Waals surface area (Å²) in [4.78, 5) is 0. The van der Waals surface area contributed by atoms with Crippen molar-refractivity contribution in [1.82, 2.24) is 0 Å². The van der Waals surface area contributed by atoms with Crippen molar-refractivity contribution in [3.63, 3.8) is 0 Å². The van der Waals surface area contributed by atoms with Crippen molar-refractivity contribution >= 4 is 11.4 Å². The maximum Gasteiger partial charge on any atom is 0.143 e. The normalized spacial score (nSPS) is 11.0. The van der Waals surface area contributed by atoms with Crippen LogP contribution in [0, 0.1) is 13.8 Å². The SMILES string of the molecule is Cc1ccc(O)c(N=Nc2ccccc2O)c1C. The van der Waals surface area contributed by atoms with Crippen LogP contribution >= 0.6 is 0 Å². The summed E-state index contributed by atoms with van der Waals surface area (Å²) < 4.78 is 0. The predicted molar refractivity (Wildman–Crippen MR) is 69.9 cm³/mol. The molecule has 2 N–H and O–H groups in total. The molecule has 4 nitrogen and oxygen atoms in total. The van der Waals surface area contributed by atoms with Crippen molar-refractivity contribution in [3.8, 4) is 11.5 Å². The Labute approximate surface area is 105 Å². The average Bonchev–Trinajstić information content (AvgIpc) is 2.36. The van der Waals surface area contributed by atoms with E-state index in [-0.39, 0.29) is 11.5 Å². The standard InChI is InChI=1S/C14H14N2O2/c1-9-7-8-13(18)14(10(9)2)16-15-11-5-3-4-6-12(11)17/h3-8,17-18H,1-2H3. The molecule has 0 bridgehead atoms. The molecule has 92 valence electrons. The topological polar surface area (TPSA) is 65.2 Å². The van der Waals surface area contributed by atoms with Crippen molar-refractivity contribution in [2.24, 2.45) is 10.2 Å². The van der Waals surface area contributed by atoms with Gasteiger partial charge < -0.3 is 10.2 Å². The van der Waals surface area contributed by atoms with Gasteiger partial charge in [-0.2, -0.15) is 0 Å². The lowest BCUT2D eigenvalue weighted by Gasteiger charge is -2.05. The third-order valence-corrected chi connectivity index (χ3v) is 2.82. The Balaban J connectivity index is 2.41. The first-order valence-electron chi connectivity index (χ1n) is 5.58. The minimum Gasteiger partial charge on any atom is -0.506 e. The molecular weight excluding hydrogens is 228 g/mol. The Morgan fingerprint density at radius 1 is 0.833 bits per heavy atom. The molecule has 0 aliphatic rings. The van der Waals surface area contributed by atoms with Gasteiger partial charge in [0.15, 0.2) is 0 Å². The molecule has 0 saturated heterocycles. The molecule has 2 aromatic rings. The van der Waals surface area contributed by atoms with E-state index in [0.717, 1.165) is 11.1 Å². The van der Waals surface area contributed by atoms with Gasteiger partial charge in [-0.3, -0.25) is 0 Å². The molecule has 0 aliphatic heterocycles. The van der Waals surface area contributed by atoms with E-state index in [0.29, 0.717) is 11.4 Å². The van der Waals surface area contributed by atoms with Crippen LogP contribution in [0.1, 0.15) is 11.1 Å². The van der Waals surface area contributed by atoms with Gasteiger partial charge in [0, 0.05) is 0 Å². The lowest BCUT2D eigenvalue weighted by atomic mass is 10.1. The summed E-state index contributed by atoms with van der Waals surface area (Å²) in [6.07, 6.45) is 0. The third kappa shape index (κ3) is 2.32. The molecule has 0 atom stereocenters. The van der Waals surface area contributed by atoms with E-state index in [1.54, 1.807) is 24.3 Å². The summed E-state index contributed by atoms with van der Waals surface area (Å²) in [5.74, 6) is 0.142. The number of rotatable bonds is 2. The van der Waals surface area contributed by atoms with Crippen LogP contribution < -0.4 is 0 Å². The zero-order valence-corrected chi connectivity index (χ0v) is 10.3. The van der Waals surface area contributed by atoms with Crippen molar-refractivity contribution in [3.05, 3.63) is 47.5 Å². The summed E-state index contributed by atoms with van der Waals surface area (Å²) >= 11 is 0. The Morgan fingerprint density at radius 3 is 2.28 bits per heavy atom. The van der Waals surface area contributed by atoms with Crippen LogP contribution in [0.3, 0.4) is 0 Å². The van der Waals surface area contributed by atoms with Crippen molar-refractivity contribution in [2.45, 2.75) is 13.8 Å². The molecule has 0 radical (unpaired) electrons. The van der Waals surface area contributed by atoms with E-state index >= 15 is 0 Å². The van der Waals surface area contributed by atoms with Gasteiger partial charge in [0.05, 0.1) is 0 Å². The molecular formula is C14H14N2O2. The van der Waals surface area contributed by atoms with Crippen LogP contribution in [0.2, 0.25) is 0 Å². The molecule has 0 heterocycles. The van der Waals surface area contributed by atoms with Crippen LogP contribution in [0.25, 0.3) is 0 Å². The van der Waals surface area contributed by atoms with E-state index in [1.807, 2.05) is 19.9 Å². The fraction of sp³-hybridized carbons (Fsp3) is 0.143. The first kappa shape index (κ1) is 12.1. The average molecular weight is 242 g/mol. The molecule has 4 heteroatoms. The Bertz CT molecular complexity index is 607. The number of hydrogen-bond acceptors (Lipinski definition) is 4. The Hall–Kier alpha value is -2.36. The van der Waals surface area contributed by atoms with Gasteiger partial charge in [-0.1, -0.05) is 18.2 Å². The van der Waals surface area contributed by atoms with Crippen molar-refractivity contribution in [1.29, 1.82) is 0 Å². The highest BCUT2D eigenvalue weighted by atomic mass is 16.3. The maximum absolute atomic E-state index is 9.75. The fourth-order valence-corrected chi connectivity index (χ4v) is 1.57. The Morgan fingerprint density at radius 2 is 1.56 bits per heavy atom. The monoisotopic (exact) mass is 242 g/mol. The highest BCUT2D eigenvalue weighted by Crippen LogP contribution is 2.34. The predicted octanol–water partition coefficient (Wildman–Crippen LogP) is 4.13. The molecule has 0 aliphatic carbocycles. The molecule has 0 fully saturated rings. The summed E-state index contributed by atoms with van der Waals surface area (Å²) in [6, 6.07) is 10.1. The summed E-state index contributed by atoms with van der Waals surface area (Å²) in [5.41, 5.74) is 2.70. The minimum atomic E-state index is 0.0612. The van der Waals surface area contributed by atoms with Gasteiger partial charge in [-0.15, -0.1) is 10.2 Å². The van der Waals surface area contributed by atoms with Gasteiger partial charge in [-0.05, 0) is 43.2 Å². The number of aromatic hydroxyl groups is 2. The van der Waals surface area contributed by atoms with Crippen molar-refractivity contribution in [2.75, 3.05) is 0 Å². The lowest BCUT2D eigenvalue weighted by molar-refractivity contribution is 0.473. The van der Waals surface area contributed by atoms with Crippen LogP contribution in [-0.4, -0.2) is 10.2 Å². The number of nitrogens with zero attached hydrogens (tertiary/aromatic N) is 2. The van der Waals surface area contributed by atoms with Gasteiger partial charge in [0.25, 0.3) is 0 Å². The van der Waals surface area contributed by atoms with Gasteiger partial charge >= 0.3 is 0 Å². The van der Waals surface area contributed by atoms with Gasteiger partial charge in [0.2, 0.25) is 0 Å². The largest absolute Gasteiger partial charge is 0.506 e. The number of phenolic OH excluding ortho intramolecular Hbond substituents is 2. The van der Waals surface area contributed by atoms with Crippen LogP contribution in [0.15, 0.2) is 46.6 Å². The zero-order chi connectivity index (χ0) is 13.1. The van der Waals surface area contributed by atoms with E-state index in [9.17, 15) is 10.2 Å². The second kappa shape index (κ2) is 4.87. The molecule has 0 unspecified atom stereocenters. The second-order valence-electron chi connectivity index (χ2n) is 4.06. The molecule has 2 rings (SSSR count). The zero-order valence-electron chi connectivity index (χ0n) is 10.3. The van der Waals surface area contributed by atoms with Crippen LogP contribution in [0.5, 0.6) is 11.5 Å². The van der Waals surface area contributed by atoms with E-state index in [1.165, 1.54) is 6.07 Å². The van der Waals surface area contributed by atoms with Crippen LogP contribution in [-0.2, 0) is 0 Å². The number of azo groups is 1. The quantitative estimate of drug-likeness (QED) is 0.777. The second-order valence-corrected chi connectivity index (χ2v) is 4.06. The van der Waals surface area contributed by atoms with Gasteiger partial charge in [0.1, 0.15) is 22.9 Å². The highest BCUT2D eigenvalue weighted by Gasteiger charge is 2.06. The third-order valence-electron chi connectivity index (χ3n) is 2.82. The van der Waals surface area contributed by atoms with Crippen molar-refractivity contribution < 1.29 is 10.2 Å². The minimum absolute atomic E-state index is 0.0612. The molecule has 18 heavy (non-hydrogen) atoms. The lowest BCUT2D eigenvalue weighted by Crippen LogP contribution is -1.81.